The van der Waals surface area contributed by atoms with E-state index >= 15 is 0 Å². The maximum atomic E-state index is 2.55. The van der Waals surface area contributed by atoms with Gasteiger partial charge in [-0.1, -0.05) is 117 Å². The SMILES string of the molecule is C1=Cc2sc3ccc(C4=Cc5c(c6ccccc6n5-c5cccc(C6CCc7c(c8ccccc8c8ccccc78)C6)c5)CC4)cc3c2C=CC1.CC. The van der Waals surface area contributed by atoms with Gasteiger partial charge in [-0.2, -0.15) is 0 Å². The number of hydrogen-bond donors (Lipinski definition) is 0. The number of benzene rings is 6. The fraction of sp³-hybridized carbons (Fsp3) is 0.176. The van der Waals surface area contributed by atoms with Crippen molar-refractivity contribution in [3.05, 3.63) is 171 Å². The molecule has 0 N–H and O–H groups in total. The van der Waals surface area contributed by atoms with Crippen LogP contribution in [0.1, 0.15) is 83.0 Å². The lowest BCUT2D eigenvalue weighted by Crippen LogP contribution is -2.14. The molecule has 3 aliphatic rings. The van der Waals surface area contributed by atoms with Gasteiger partial charge >= 0.3 is 0 Å². The summed E-state index contributed by atoms with van der Waals surface area (Å²) in [6.07, 6.45) is 18.2. The van der Waals surface area contributed by atoms with Crippen molar-refractivity contribution in [1.29, 1.82) is 0 Å². The number of fused-ring (bicyclic) bond motifs is 12. The van der Waals surface area contributed by atoms with Crippen LogP contribution in [-0.2, 0) is 19.3 Å². The summed E-state index contributed by atoms with van der Waals surface area (Å²) in [7, 11) is 0. The molecule has 0 bridgehead atoms. The summed E-state index contributed by atoms with van der Waals surface area (Å²) in [5.74, 6) is 0.488. The van der Waals surface area contributed by atoms with Crippen LogP contribution in [0, 0.1) is 0 Å². The number of para-hydroxylation sites is 1. The summed E-state index contributed by atoms with van der Waals surface area (Å²) in [4.78, 5) is 1.37. The molecule has 1 atom stereocenters. The van der Waals surface area contributed by atoms with Gasteiger partial charge in [-0.3, -0.25) is 0 Å². The van der Waals surface area contributed by atoms with Crippen LogP contribution in [0.2, 0.25) is 0 Å². The van der Waals surface area contributed by atoms with E-state index in [1.54, 1.807) is 11.1 Å². The monoisotopic (exact) mass is 701 g/mol. The Hall–Kier alpha value is -5.44. The van der Waals surface area contributed by atoms with E-state index in [1.165, 1.54) is 93.0 Å². The van der Waals surface area contributed by atoms with Gasteiger partial charge in [-0.25, -0.2) is 0 Å². The predicted molar refractivity (Wildman–Crippen MR) is 232 cm³/mol. The topological polar surface area (TPSA) is 4.93 Å². The third-order valence-electron chi connectivity index (χ3n) is 11.9. The molecule has 0 amide bonds. The first-order valence-electron chi connectivity index (χ1n) is 19.5. The van der Waals surface area contributed by atoms with Gasteiger partial charge < -0.3 is 4.57 Å². The number of rotatable bonds is 3. The van der Waals surface area contributed by atoms with Gasteiger partial charge in [0.25, 0.3) is 0 Å². The quantitative estimate of drug-likeness (QED) is 0.162. The highest BCUT2D eigenvalue weighted by Crippen LogP contribution is 2.44. The standard InChI is InChI=1S/C49H37NS.C2H6/c1-2-18-43-45-29-33(23-26-49(45)51-48(43)20-3-1)34-22-25-42-41-17-8-9-19-46(41)50(47(42)30-34)35-12-10-11-31(27-35)32-21-24-40-38-15-5-4-13-36(38)37-14-6-7-16-39(37)44(40)28-32;1-2/h2-20,23,26-27,29-30,32H,1,21-22,24-25,28H2;1-2H3. The Kier molecular flexibility index (Phi) is 8.03. The normalized spacial score (nSPS) is 16.2. The average molecular weight is 702 g/mol. The highest BCUT2D eigenvalue weighted by Gasteiger charge is 2.26. The molecule has 0 radical (unpaired) electrons. The van der Waals surface area contributed by atoms with Crippen LogP contribution in [0.5, 0.6) is 0 Å². The number of nitrogens with zero attached hydrogens (tertiary/aromatic N) is 1. The Morgan fingerprint density at radius 1 is 0.604 bits per heavy atom. The Morgan fingerprint density at radius 2 is 1.34 bits per heavy atom. The van der Waals surface area contributed by atoms with E-state index in [1.807, 2.05) is 25.2 Å². The third kappa shape index (κ3) is 5.26. The fourth-order valence-electron chi connectivity index (χ4n) is 9.49. The molecule has 6 aromatic carbocycles. The highest BCUT2D eigenvalue weighted by molar-refractivity contribution is 7.20. The van der Waals surface area contributed by atoms with Gasteiger partial charge in [0, 0.05) is 31.6 Å². The zero-order valence-corrected chi connectivity index (χ0v) is 31.3. The minimum absolute atomic E-state index is 0.488. The van der Waals surface area contributed by atoms with Crippen molar-refractivity contribution in [2.75, 3.05) is 0 Å². The van der Waals surface area contributed by atoms with E-state index < -0.39 is 0 Å². The maximum absolute atomic E-state index is 2.55. The second kappa shape index (κ2) is 13.2. The van der Waals surface area contributed by atoms with Gasteiger partial charge in [-0.05, 0) is 142 Å². The molecule has 53 heavy (non-hydrogen) atoms. The summed E-state index contributed by atoms with van der Waals surface area (Å²) < 4.78 is 3.92. The lowest BCUT2D eigenvalue weighted by atomic mass is 9.76. The minimum Gasteiger partial charge on any atom is -0.310 e. The molecule has 2 heterocycles. The molecule has 1 unspecified atom stereocenters. The van der Waals surface area contributed by atoms with E-state index in [2.05, 4.69) is 150 Å². The number of hydrogen-bond acceptors (Lipinski definition) is 1. The molecule has 8 aromatic rings. The van der Waals surface area contributed by atoms with Crippen LogP contribution >= 0.6 is 11.3 Å². The molecular weight excluding hydrogens is 659 g/mol. The van der Waals surface area contributed by atoms with Crippen molar-refractivity contribution in [3.8, 4) is 5.69 Å². The number of thiophene rings is 1. The number of aryl methyl sites for hydroxylation is 2. The molecule has 0 fully saturated rings. The molecule has 3 aliphatic carbocycles. The van der Waals surface area contributed by atoms with Crippen molar-refractivity contribution >= 4 is 77.7 Å². The Bertz CT molecular complexity index is 2820. The largest absolute Gasteiger partial charge is 0.310 e. The molecular formula is C51H43NS. The maximum Gasteiger partial charge on any atom is 0.0537 e. The van der Waals surface area contributed by atoms with E-state index in [9.17, 15) is 0 Å². The van der Waals surface area contributed by atoms with Crippen molar-refractivity contribution in [2.24, 2.45) is 0 Å². The van der Waals surface area contributed by atoms with Crippen LogP contribution < -0.4 is 0 Å². The number of allylic oxidation sites excluding steroid dienone is 3. The van der Waals surface area contributed by atoms with Crippen LogP contribution in [0.4, 0.5) is 0 Å². The molecule has 258 valence electrons. The van der Waals surface area contributed by atoms with E-state index in [-0.39, 0.29) is 0 Å². The Labute approximate surface area is 316 Å². The fourth-order valence-corrected chi connectivity index (χ4v) is 10.6. The van der Waals surface area contributed by atoms with E-state index in [0.717, 1.165) is 32.1 Å². The Morgan fingerprint density at radius 3 is 2.17 bits per heavy atom. The third-order valence-corrected chi connectivity index (χ3v) is 13.0. The minimum atomic E-state index is 0.488. The second-order valence-corrected chi connectivity index (χ2v) is 15.7. The Balaban J connectivity index is 0.00000172. The molecule has 11 rings (SSSR count). The molecule has 2 heteroatoms. The van der Waals surface area contributed by atoms with Gasteiger partial charge in [-0.15, -0.1) is 11.3 Å². The molecule has 0 saturated heterocycles. The van der Waals surface area contributed by atoms with Gasteiger partial charge in [0.05, 0.1) is 11.2 Å². The van der Waals surface area contributed by atoms with Crippen LogP contribution in [0.3, 0.4) is 0 Å². The van der Waals surface area contributed by atoms with Crippen molar-refractivity contribution < 1.29 is 0 Å². The molecule has 0 saturated carbocycles. The van der Waals surface area contributed by atoms with Crippen LogP contribution in [0.15, 0.2) is 127 Å². The van der Waals surface area contributed by atoms with Crippen LogP contribution in [0.25, 0.3) is 72.0 Å². The molecule has 2 aromatic heterocycles. The van der Waals surface area contributed by atoms with Gasteiger partial charge in [0.15, 0.2) is 0 Å². The zero-order chi connectivity index (χ0) is 35.5. The summed E-state index contributed by atoms with van der Waals surface area (Å²) in [5, 5.41) is 8.41. The molecule has 0 aliphatic heterocycles. The first kappa shape index (κ1) is 32.2. The lowest BCUT2D eigenvalue weighted by molar-refractivity contribution is 0.590. The summed E-state index contributed by atoms with van der Waals surface area (Å²) in [6.45, 7) is 4.00. The van der Waals surface area contributed by atoms with Crippen molar-refractivity contribution in [2.45, 2.75) is 58.3 Å². The first-order chi connectivity index (χ1) is 26.3. The van der Waals surface area contributed by atoms with Crippen molar-refractivity contribution in [3.63, 3.8) is 0 Å². The lowest BCUT2D eigenvalue weighted by Gasteiger charge is -2.28. The smallest absolute Gasteiger partial charge is 0.0537 e. The van der Waals surface area contributed by atoms with Crippen LogP contribution in [-0.4, -0.2) is 4.57 Å². The highest BCUT2D eigenvalue weighted by atomic mass is 32.1. The number of aromatic nitrogens is 1. The van der Waals surface area contributed by atoms with Gasteiger partial charge in [0.2, 0.25) is 0 Å². The molecule has 0 spiro atoms. The molecule has 1 nitrogen and oxygen atoms in total. The van der Waals surface area contributed by atoms with E-state index in [0.29, 0.717) is 5.92 Å². The summed E-state index contributed by atoms with van der Waals surface area (Å²) in [6, 6.07) is 43.8. The zero-order valence-electron chi connectivity index (χ0n) is 30.5. The van der Waals surface area contributed by atoms with E-state index in [4.69, 9.17) is 0 Å². The first-order valence-corrected chi connectivity index (χ1v) is 20.3. The van der Waals surface area contributed by atoms with Gasteiger partial charge in [0.1, 0.15) is 0 Å². The second-order valence-electron chi connectivity index (χ2n) is 14.6. The summed E-state index contributed by atoms with van der Waals surface area (Å²) in [5.41, 5.74) is 14.1. The van der Waals surface area contributed by atoms with Crippen molar-refractivity contribution in [1.82, 2.24) is 4.57 Å². The predicted octanol–water partition coefficient (Wildman–Crippen LogP) is 14.4. The average Bonchev–Trinajstić information content (AvgIpc) is 3.65. The summed E-state index contributed by atoms with van der Waals surface area (Å²) >= 11 is 1.91.